The molecule has 5 rings (SSSR count). The van der Waals surface area contributed by atoms with Gasteiger partial charge in [-0.2, -0.15) is 0 Å². The van der Waals surface area contributed by atoms with Crippen LogP contribution < -0.4 is 16.0 Å². The first-order valence-electron chi connectivity index (χ1n) is 21.0. The minimum atomic E-state index is -1.16. The van der Waals surface area contributed by atoms with Gasteiger partial charge in [0.25, 0.3) is 0 Å². The van der Waals surface area contributed by atoms with Gasteiger partial charge in [0.2, 0.25) is 11.8 Å². The quantitative estimate of drug-likeness (QED) is 0.101. The maximum Gasteiger partial charge on any atom is 0.407 e. The number of aryl methyl sites for hydroxylation is 2. The largest absolute Gasteiger partial charge is 0.453 e. The molecule has 13 heteroatoms. The van der Waals surface area contributed by atoms with Crippen LogP contribution in [0.25, 0.3) is 11.1 Å². The summed E-state index contributed by atoms with van der Waals surface area (Å²) in [6.45, 7) is 16.3. The summed E-state index contributed by atoms with van der Waals surface area (Å²) in [5.41, 5.74) is 4.95. The van der Waals surface area contributed by atoms with Crippen LogP contribution in [0.15, 0.2) is 91.1 Å². The Morgan fingerprint density at radius 1 is 0.754 bits per heavy atom. The van der Waals surface area contributed by atoms with Gasteiger partial charge in [-0.15, -0.1) is 0 Å². The van der Waals surface area contributed by atoms with E-state index >= 15 is 0 Å². The van der Waals surface area contributed by atoms with E-state index in [-0.39, 0.29) is 24.8 Å². The number of aliphatic hydroxyl groups is 1. The number of nitrogens with zero attached hydrogens (tertiary/aromatic N) is 4. The number of aromatic nitrogens is 2. The number of urea groups is 1. The van der Waals surface area contributed by atoms with Crippen molar-refractivity contribution in [2.75, 3.05) is 20.2 Å². The molecule has 0 aliphatic carbocycles. The lowest BCUT2D eigenvalue weighted by Crippen LogP contribution is -2.59. The van der Waals surface area contributed by atoms with Crippen molar-refractivity contribution in [1.82, 2.24) is 35.7 Å². The normalized spacial score (nSPS) is 15.7. The Balaban J connectivity index is 1.42. The van der Waals surface area contributed by atoms with Crippen LogP contribution in [0.3, 0.4) is 0 Å². The van der Waals surface area contributed by atoms with Crippen LogP contribution >= 0.6 is 0 Å². The predicted octanol–water partition coefficient (Wildman–Crippen LogP) is 6.39. The first kappa shape index (κ1) is 46.2. The van der Waals surface area contributed by atoms with Crippen LogP contribution in [0.1, 0.15) is 76.2 Å². The molecule has 5 atom stereocenters. The van der Waals surface area contributed by atoms with Crippen molar-refractivity contribution in [3.8, 4) is 11.1 Å². The van der Waals surface area contributed by atoms with Crippen LogP contribution in [0.4, 0.5) is 9.59 Å². The third kappa shape index (κ3) is 12.8. The molecule has 1 fully saturated rings. The topological polar surface area (TPSA) is 166 Å². The van der Waals surface area contributed by atoms with E-state index in [4.69, 9.17) is 4.74 Å². The Morgan fingerprint density at radius 3 is 2.03 bits per heavy atom. The Morgan fingerprint density at radius 2 is 1.43 bits per heavy atom. The molecule has 0 radical (unpaired) electrons. The average molecular weight is 834 g/mol. The van der Waals surface area contributed by atoms with Crippen molar-refractivity contribution in [2.24, 2.45) is 10.8 Å². The molecule has 4 aromatic rings. The van der Waals surface area contributed by atoms with Gasteiger partial charge in [0.15, 0.2) is 0 Å². The summed E-state index contributed by atoms with van der Waals surface area (Å²) < 4.78 is 4.84. The fourth-order valence-corrected chi connectivity index (χ4v) is 7.83. The van der Waals surface area contributed by atoms with E-state index in [0.29, 0.717) is 26.1 Å². The summed E-state index contributed by atoms with van der Waals surface area (Å²) in [6.07, 6.45) is 0.615. The van der Waals surface area contributed by atoms with Crippen molar-refractivity contribution in [1.29, 1.82) is 0 Å². The van der Waals surface area contributed by atoms with Gasteiger partial charge in [-0.25, -0.2) is 9.59 Å². The maximum absolute atomic E-state index is 14.6. The van der Waals surface area contributed by atoms with Crippen LogP contribution in [0, 0.1) is 24.7 Å². The first-order valence-corrected chi connectivity index (χ1v) is 21.0. The average Bonchev–Trinajstić information content (AvgIpc) is 3.54. The number of carbonyl (C=O) groups is 4. The van der Waals surface area contributed by atoms with E-state index in [2.05, 4.69) is 25.9 Å². The third-order valence-corrected chi connectivity index (χ3v) is 11.0. The van der Waals surface area contributed by atoms with Crippen LogP contribution in [-0.4, -0.2) is 99.3 Å². The first-order chi connectivity index (χ1) is 28.8. The number of hydrogen-bond donors (Lipinski definition) is 4. The number of benzene rings is 2. The van der Waals surface area contributed by atoms with Gasteiger partial charge in [-0.05, 0) is 78.8 Å². The number of aliphatic hydroxyl groups excluding tert-OH is 1. The fourth-order valence-electron chi connectivity index (χ4n) is 7.83. The molecule has 4 N–H and O–H groups in total. The van der Waals surface area contributed by atoms with Crippen LogP contribution in [-0.2, 0) is 33.7 Å². The SMILES string of the molecule is COC(=O)NC(C(=O)NC(Cc1ccc(-c2ccc(C)nc2)cc1)C(O)CC(Cc1ccccc1)NC(=O)C(N1CCN(Cc2cccc(C)n2)C1=O)C(C)(C)C)C(C)(C)C. The van der Waals surface area contributed by atoms with Crippen molar-refractivity contribution >= 4 is 23.9 Å². The van der Waals surface area contributed by atoms with Crippen LogP contribution in [0.5, 0.6) is 0 Å². The Hall–Kier alpha value is -5.82. The molecule has 5 unspecified atom stereocenters. The van der Waals surface area contributed by atoms with Gasteiger partial charge in [-0.1, -0.05) is 108 Å². The zero-order valence-corrected chi connectivity index (χ0v) is 37.1. The predicted molar refractivity (Wildman–Crippen MR) is 236 cm³/mol. The minimum Gasteiger partial charge on any atom is -0.453 e. The molecular formula is C48H63N7O6. The van der Waals surface area contributed by atoms with Crippen molar-refractivity contribution < 1.29 is 29.0 Å². The van der Waals surface area contributed by atoms with E-state index < -0.39 is 53.1 Å². The monoisotopic (exact) mass is 833 g/mol. The smallest absolute Gasteiger partial charge is 0.407 e. The molecule has 0 bridgehead atoms. The fraction of sp³-hybridized carbons (Fsp3) is 0.458. The van der Waals surface area contributed by atoms with E-state index in [1.165, 1.54) is 7.11 Å². The number of carbonyl (C=O) groups excluding carboxylic acids is 4. The highest BCUT2D eigenvalue weighted by Gasteiger charge is 2.44. The van der Waals surface area contributed by atoms with Gasteiger partial charge in [0.1, 0.15) is 12.1 Å². The molecule has 61 heavy (non-hydrogen) atoms. The highest BCUT2D eigenvalue weighted by molar-refractivity contribution is 5.89. The number of alkyl carbamates (subject to hydrolysis) is 1. The molecule has 1 saturated heterocycles. The second-order valence-electron chi connectivity index (χ2n) is 18.3. The van der Waals surface area contributed by atoms with Crippen molar-refractivity contribution in [3.63, 3.8) is 0 Å². The molecule has 1 aliphatic rings. The second-order valence-corrected chi connectivity index (χ2v) is 18.3. The lowest BCUT2D eigenvalue weighted by atomic mass is 9.84. The van der Waals surface area contributed by atoms with Gasteiger partial charge in [0.05, 0.1) is 31.5 Å². The van der Waals surface area contributed by atoms with E-state index in [9.17, 15) is 24.3 Å². The summed E-state index contributed by atoms with van der Waals surface area (Å²) in [4.78, 5) is 67.4. The number of methoxy groups -OCH3 is 1. The summed E-state index contributed by atoms with van der Waals surface area (Å²) in [5, 5.41) is 21.2. The molecule has 5 amide bonds. The number of hydrogen-bond acceptors (Lipinski definition) is 8. The Bertz CT molecular complexity index is 2100. The van der Waals surface area contributed by atoms with E-state index in [0.717, 1.165) is 39.3 Å². The highest BCUT2D eigenvalue weighted by atomic mass is 16.5. The molecule has 13 nitrogen and oxygen atoms in total. The lowest BCUT2D eigenvalue weighted by Gasteiger charge is -2.38. The Labute approximate surface area is 360 Å². The molecule has 2 aromatic heterocycles. The standard InChI is InChI=1S/C48H63N7O6/c1-31-18-21-36(29-49-31)35-22-19-34(20-23-35)27-39(52-43(57)41(47(3,4)5)53-45(59)61-9)40(56)28-38(26-33-15-11-10-12-16-33)51-44(58)42(48(6,7)8)55-25-24-54(46(55)60)30-37-17-13-14-32(2)50-37/h10-23,29,38-42,56H,24-28,30H2,1-9H3,(H,51,58)(H,52,57)(H,53,59). The molecular weight excluding hydrogens is 771 g/mol. The maximum atomic E-state index is 14.6. The van der Waals surface area contributed by atoms with E-state index in [1.807, 2.05) is 147 Å². The van der Waals surface area contributed by atoms with Crippen molar-refractivity contribution in [2.45, 2.75) is 111 Å². The molecule has 1 aliphatic heterocycles. The summed E-state index contributed by atoms with van der Waals surface area (Å²) in [5.74, 6) is -0.819. The number of pyridine rings is 2. The zero-order valence-electron chi connectivity index (χ0n) is 37.1. The number of amides is 5. The van der Waals surface area contributed by atoms with Gasteiger partial charge in [0, 0.05) is 42.3 Å². The number of ether oxygens (including phenoxy) is 1. The van der Waals surface area contributed by atoms with Gasteiger partial charge >= 0.3 is 12.1 Å². The molecule has 3 heterocycles. The van der Waals surface area contributed by atoms with Crippen molar-refractivity contribution in [3.05, 3.63) is 119 Å². The van der Waals surface area contributed by atoms with E-state index in [1.54, 1.807) is 9.80 Å². The van der Waals surface area contributed by atoms with Gasteiger partial charge < -0.3 is 35.6 Å². The van der Waals surface area contributed by atoms with Crippen LogP contribution in [0.2, 0.25) is 0 Å². The molecule has 0 spiro atoms. The molecule has 2 aromatic carbocycles. The number of nitrogens with one attached hydrogen (secondary N) is 3. The second kappa shape index (κ2) is 20.2. The zero-order chi connectivity index (χ0) is 44.5. The lowest BCUT2D eigenvalue weighted by molar-refractivity contribution is -0.130. The summed E-state index contributed by atoms with van der Waals surface area (Å²) >= 11 is 0. The number of rotatable bonds is 16. The molecule has 0 saturated carbocycles. The Kier molecular flexibility index (Phi) is 15.3. The highest BCUT2D eigenvalue weighted by Crippen LogP contribution is 2.29. The summed E-state index contributed by atoms with van der Waals surface area (Å²) in [7, 11) is 1.24. The summed E-state index contributed by atoms with van der Waals surface area (Å²) in [6, 6.07) is 23.8. The minimum absolute atomic E-state index is 0.0687. The molecule has 326 valence electrons. The van der Waals surface area contributed by atoms with Gasteiger partial charge in [-0.3, -0.25) is 19.6 Å². The third-order valence-electron chi connectivity index (χ3n) is 11.0.